The van der Waals surface area contributed by atoms with Crippen LogP contribution in [0.15, 0.2) is 48.0 Å². The molecule has 2 aromatic carbocycles. The summed E-state index contributed by atoms with van der Waals surface area (Å²) >= 11 is 5.97. The number of nitro groups is 1. The lowest BCUT2D eigenvalue weighted by Crippen LogP contribution is -2.49. The fourth-order valence-corrected chi connectivity index (χ4v) is 3.28. The highest BCUT2D eigenvalue weighted by Crippen LogP contribution is 2.24. The van der Waals surface area contributed by atoms with Gasteiger partial charge in [-0.3, -0.25) is 14.9 Å². The van der Waals surface area contributed by atoms with Crippen molar-refractivity contribution in [2.45, 2.75) is 0 Å². The Bertz CT molecular complexity index is 989. The molecule has 1 amide bonds. The summed E-state index contributed by atoms with van der Waals surface area (Å²) < 4.78 is 14.0. The molecule has 0 unspecified atom stereocenters. The molecular formula is C20H16ClFN4O3. The van der Waals surface area contributed by atoms with Gasteiger partial charge >= 0.3 is 0 Å². The average Bonchev–Trinajstić information content (AvgIpc) is 2.73. The molecule has 3 rings (SSSR count). The number of rotatable bonds is 4. The minimum atomic E-state index is -0.610. The minimum Gasteiger partial charge on any atom is -0.368 e. The van der Waals surface area contributed by atoms with Gasteiger partial charge in [0.15, 0.2) is 0 Å². The van der Waals surface area contributed by atoms with Gasteiger partial charge in [0, 0.05) is 49.6 Å². The molecular weight excluding hydrogens is 399 g/mol. The number of carbonyl (C=O) groups excluding carboxylic acids is 1. The Morgan fingerprint density at radius 2 is 1.83 bits per heavy atom. The molecule has 1 fully saturated rings. The molecule has 1 saturated heterocycles. The van der Waals surface area contributed by atoms with Crippen LogP contribution in [-0.2, 0) is 4.79 Å². The number of amides is 1. The molecule has 2 aromatic rings. The summed E-state index contributed by atoms with van der Waals surface area (Å²) in [6.45, 7) is 1.73. The molecule has 29 heavy (non-hydrogen) atoms. The summed E-state index contributed by atoms with van der Waals surface area (Å²) in [7, 11) is 0. The first-order valence-corrected chi connectivity index (χ1v) is 9.13. The van der Waals surface area contributed by atoms with E-state index in [0.717, 1.165) is 5.69 Å². The molecule has 0 atom stereocenters. The van der Waals surface area contributed by atoms with Crippen molar-refractivity contribution in [2.75, 3.05) is 31.1 Å². The second-order valence-electron chi connectivity index (χ2n) is 6.36. The maximum atomic E-state index is 14.0. The maximum Gasteiger partial charge on any atom is 0.269 e. The molecule has 148 valence electrons. The van der Waals surface area contributed by atoms with Crippen LogP contribution in [0.3, 0.4) is 0 Å². The third-order valence-electron chi connectivity index (χ3n) is 4.63. The third kappa shape index (κ3) is 4.52. The second kappa shape index (κ2) is 8.71. The number of hydrogen-bond donors (Lipinski definition) is 0. The Labute approximate surface area is 171 Å². The Balaban J connectivity index is 1.69. The van der Waals surface area contributed by atoms with Crippen molar-refractivity contribution >= 4 is 35.0 Å². The zero-order chi connectivity index (χ0) is 21.0. The predicted octanol–water partition coefficient (Wildman–Crippen LogP) is 3.64. The van der Waals surface area contributed by atoms with Gasteiger partial charge in [-0.05, 0) is 30.3 Å². The third-order valence-corrected chi connectivity index (χ3v) is 4.96. The van der Waals surface area contributed by atoms with Crippen LogP contribution in [0, 0.1) is 27.3 Å². The zero-order valence-corrected chi connectivity index (χ0v) is 16.0. The van der Waals surface area contributed by atoms with Crippen LogP contribution >= 0.6 is 11.6 Å². The summed E-state index contributed by atoms with van der Waals surface area (Å²) in [5.74, 6) is -1.10. The van der Waals surface area contributed by atoms with Crippen LogP contribution in [0.5, 0.6) is 0 Å². The van der Waals surface area contributed by atoms with Gasteiger partial charge < -0.3 is 9.80 Å². The Morgan fingerprint density at radius 3 is 2.38 bits per heavy atom. The summed E-state index contributed by atoms with van der Waals surface area (Å²) in [4.78, 5) is 26.5. The predicted molar refractivity (Wildman–Crippen MR) is 107 cm³/mol. The number of nitriles is 1. The lowest BCUT2D eigenvalue weighted by atomic mass is 10.1. The first-order valence-electron chi connectivity index (χ1n) is 8.75. The maximum absolute atomic E-state index is 14.0. The topological polar surface area (TPSA) is 90.5 Å². The lowest BCUT2D eigenvalue weighted by molar-refractivity contribution is -0.384. The van der Waals surface area contributed by atoms with E-state index < -0.39 is 16.6 Å². The number of hydrogen-bond acceptors (Lipinski definition) is 5. The van der Waals surface area contributed by atoms with Gasteiger partial charge in [-0.2, -0.15) is 5.26 Å². The van der Waals surface area contributed by atoms with E-state index in [-0.39, 0.29) is 21.8 Å². The number of halogens is 2. The molecule has 1 aliphatic rings. The van der Waals surface area contributed by atoms with Crippen LogP contribution < -0.4 is 4.90 Å². The van der Waals surface area contributed by atoms with E-state index in [1.54, 1.807) is 12.1 Å². The van der Waals surface area contributed by atoms with Crippen LogP contribution in [0.4, 0.5) is 15.8 Å². The van der Waals surface area contributed by atoms with E-state index in [4.69, 9.17) is 11.6 Å². The first kappa shape index (κ1) is 20.3. The fourth-order valence-electron chi connectivity index (χ4n) is 3.06. The number of non-ortho nitro benzene ring substituents is 1. The summed E-state index contributed by atoms with van der Waals surface area (Å²) in [6, 6.07) is 12.2. The molecule has 0 N–H and O–H groups in total. The van der Waals surface area contributed by atoms with Gasteiger partial charge in [-0.25, -0.2) is 4.39 Å². The Morgan fingerprint density at radius 1 is 1.17 bits per heavy atom. The largest absolute Gasteiger partial charge is 0.368 e. The Kier molecular flexibility index (Phi) is 6.10. The van der Waals surface area contributed by atoms with Crippen LogP contribution in [0.25, 0.3) is 6.08 Å². The molecule has 9 heteroatoms. The van der Waals surface area contributed by atoms with Gasteiger partial charge in [-0.1, -0.05) is 17.7 Å². The van der Waals surface area contributed by atoms with Gasteiger partial charge in [-0.15, -0.1) is 0 Å². The van der Waals surface area contributed by atoms with Crippen LogP contribution in [-0.4, -0.2) is 41.9 Å². The normalized spacial score (nSPS) is 14.4. The van der Waals surface area contributed by atoms with Gasteiger partial charge in [0.2, 0.25) is 0 Å². The average molecular weight is 415 g/mol. The number of anilines is 1. The molecule has 1 heterocycles. The summed E-state index contributed by atoms with van der Waals surface area (Å²) in [5, 5.41) is 20.2. The zero-order valence-electron chi connectivity index (χ0n) is 15.2. The number of benzene rings is 2. The Hall–Kier alpha value is -3.44. The van der Waals surface area contributed by atoms with Crippen molar-refractivity contribution in [2.24, 2.45) is 0 Å². The van der Waals surface area contributed by atoms with Crippen molar-refractivity contribution in [1.29, 1.82) is 5.26 Å². The molecule has 1 aliphatic heterocycles. The summed E-state index contributed by atoms with van der Waals surface area (Å²) in [6.07, 6.45) is 1.17. The smallest absolute Gasteiger partial charge is 0.269 e. The van der Waals surface area contributed by atoms with Crippen molar-refractivity contribution in [3.05, 3.63) is 74.6 Å². The second-order valence-corrected chi connectivity index (χ2v) is 6.77. The van der Waals surface area contributed by atoms with E-state index in [0.29, 0.717) is 26.2 Å². The summed E-state index contributed by atoms with van der Waals surface area (Å²) in [5.41, 5.74) is 0.638. The highest BCUT2D eigenvalue weighted by Gasteiger charge is 2.24. The van der Waals surface area contributed by atoms with Crippen molar-refractivity contribution in [3.8, 4) is 6.07 Å². The molecule has 0 radical (unpaired) electrons. The molecule has 7 nitrogen and oxygen atoms in total. The SMILES string of the molecule is N#C/C(=C\c1c(F)cccc1Cl)C(=O)N1CCN(c2ccc([N+](=O)[O-])cc2)CC1. The minimum absolute atomic E-state index is 0.00332. The van der Waals surface area contributed by atoms with Crippen LogP contribution in [0.1, 0.15) is 5.56 Å². The van der Waals surface area contributed by atoms with E-state index in [1.165, 1.54) is 41.3 Å². The monoisotopic (exact) mass is 414 g/mol. The number of piperazine rings is 1. The quantitative estimate of drug-likeness (QED) is 0.329. The molecule has 0 aliphatic carbocycles. The van der Waals surface area contributed by atoms with Crippen molar-refractivity contribution in [1.82, 2.24) is 4.90 Å². The van der Waals surface area contributed by atoms with Crippen molar-refractivity contribution in [3.63, 3.8) is 0 Å². The highest BCUT2D eigenvalue weighted by molar-refractivity contribution is 6.32. The van der Waals surface area contributed by atoms with E-state index >= 15 is 0 Å². The van der Waals surface area contributed by atoms with E-state index in [1.807, 2.05) is 11.0 Å². The van der Waals surface area contributed by atoms with Gasteiger partial charge in [0.25, 0.3) is 11.6 Å². The van der Waals surface area contributed by atoms with Gasteiger partial charge in [0.1, 0.15) is 17.5 Å². The number of nitro benzene ring substituents is 1. The molecule has 0 saturated carbocycles. The van der Waals surface area contributed by atoms with Crippen LogP contribution in [0.2, 0.25) is 5.02 Å². The lowest BCUT2D eigenvalue weighted by Gasteiger charge is -2.36. The number of carbonyl (C=O) groups is 1. The van der Waals surface area contributed by atoms with Crippen molar-refractivity contribution < 1.29 is 14.1 Å². The molecule has 0 spiro atoms. The van der Waals surface area contributed by atoms with Gasteiger partial charge in [0.05, 0.1) is 9.95 Å². The van der Waals surface area contributed by atoms with E-state index in [2.05, 4.69) is 0 Å². The highest BCUT2D eigenvalue weighted by atomic mass is 35.5. The number of nitrogens with zero attached hydrogens (tertiary/aromatic N) is 4. The standard InChI is InChI=1S/C20H16ClFN4O3/c21-18-2-1-3-19(22)17(18)12-14(13-23)20(27)25-10-8-24(9-11-25)15-4-6-16(7-5-15)26(28)29/h1-7,12H,8-11H2/b14-12+. The fraction of sp³-hybridized carbons (Fsp3) is 0.200. The molecule has 0 bridgehead atoms. The van der Waals surface area contributed by atoms with E-state index in [9.17, 15) is 24.6 Å². The molecule has 0 aromatic heterocycles. The first-order chi connectivity index (χ1) is 13.9.